The molecule has 0 radical (unpaired) electrons. The van der Waals surface area contributed by atoms with Crippen molar-refractivity contribution in [3.05, 3.63) is 24.3 Å². The Balaban J connectivity index is 1.52. The largest absolute Gasteiger partial charge is 0.272 e. The summed E-state index contributed by atoms with van der Waals surface area (Å²) in [6.45, 7) is 2.18. The van der Waals surface area contributed by atoms with Crippen molar-refractivity contribution in [2.75, 3.05) is 5.75 Å². The van der Waals surface area contributed by atoms with Crippen LogP contribution in [-0.2, 0) is 4.79 Å². The Kier molecular flexibility index (Phi) is 5.10. The van der Waals surface area contributed by atoms with Crippen molar-refractivity contribution in [1.29, 1.82) is 0 Å². The SMILES string of the molecule is CC1CCCC/C1=N/NC(=O)CSc1nc2ccccc2s1. The van der Waals surface area contributed by atoms with Crippen LogP contribution in [0.2, 0.25) is 0 Å². The summed E-state index contributed by atoms with van der Waals surface area (Å²) in [7, 11) is 0. The molecule has 6 heteroatoms. The number of thiazole rings is 1. The third-order valence-corrected chi connectivity index (χ3v) is 5.99. The third-order valence-electron chi connectivity index (χ3n) is 3.81. The van der Waals surface area contributed by atoms with Crippen LogP contribution in [0.3, 0.4) is 0 Å². The molecule has 1 aromatic carbocycles. The zero-order valence-electron chi connectivity index (χ0n) is 12.5. The van der Waals surface area contributed by atoms with E-state index in [1.165, 1.54) is 31.0 Å². The lowest BCUT2D eigenvalue weighted by atomic mass is 9.89. The van der Waals surface area contributed by atoms with Crippen LogP contribution in [0.4, 0.5) is 0 Å². The van der Waals surface area contributed by atoms with Crippen molar-refractivity contribution in [2.45, 2.75) is 36.9 Å². The Bertz CT molecular complexity index is 663. The van der Waals surface area contributed by atoms with Crippen LogP contribution < -0.4 is 5.43 Å². The number of carbonyl (C=O) groups excluding carboxylic acids is 1. The second kappa shape index (κ2) is 7.24. The number of thioether (sulfide) groups is 1. The van der Waals surface area contributed by atoms with Crippen LogP contribution in [0.25, 0.3) is 10.2 Å². The van der Waals surface area contributed by atoms with Gasteiger partial charge < -0.3 is 0 Å². The minimum Gasteiger partial charge on any atom is -0.272 e. The molecule has 22 heavy (non-hydrogen) atoms. The summed E-state index contributed by atoms with van der Waals surface area (Å²) in [5, 5.41) is 4.31. The van der Waals surface area contributed by atoms with Gasteiger partial charge in [0.15, 0.2) is 4.34 Å². The number of amides is 1. The first-order valence-corrected chi connectivity index (χ1v) is 9.36. The minimum atomic E-state index is -0.0606. The maximum absolute atomic E-state index is 11.9. The van der Waals surface area contributed by atoms with E-state index in [0.29, 0.717) is 11.7 Å². The molecule has 1 amide bonds. The molecule has 0 bridgehead atoms. The van der Waals surface area contributed by atoms with Gasteiger partial charge in [-0.25, -0.2) is 10.4 Å². The third kappa shape index (κ3) is 3.87. The van der Waals surface area contributed by atoms with Gasteiger partial charge in [0.2, 0.25) is 0 Å². The first-order valence-electron chi connectivity index (χ1n) is 7.56. The van der Waals surface area contributed by atoms with E-state index in [9.17, 15) is 4.79 Å². The van der Waals surface area contributed by atoms with Gasteiger partial charge in [0, 0.05) is 5.71 Å². The zero-order valence-corrected chi connectivity index (χ0v) is 14.2. The highest BCUT2D eigenvalue weighted by molar-refractivity contribution is 8.01. The van der Waals surface area contributed by atoms with Crippen LogP contribution in [0.15, 0.2) is 33.7 Å². The molecule has 1 heterocycles. The summed E-state index contributed by atoms with van der Waals surface area (Å²) < 4.78 is 2.08. The van der Waals surface area contributed by atoms with E-state index in [1.807, 2.05) is 24.3 Å². The number of aromatic nitrogens is 1. The van der Waals surface area contributed by atoms with E-state index >= 15 is 0 Å². The maximum Gasteiger partial charge on any atom is 0.250 e. The van der Waals surface area contributed by atoms with E-state index in [0.717, 1.165) is 26.7 Å². The number of hydrogen-bond acceptors (Lipinski definition) is 5. The number of benzene rings is 1. The number of fused-ring (bicyclic) bond motifs is 1. The molecule has 4 nitrogen and oxygen atoms in total. The quantitative estimate of drug-likeness (QED) is 0.678. The molecular formula is C16H19N3OS2. The van der Waals surface area contributed by atoms with Crippen molar-refractivity contribution in [3.63, 3.8) is 0 Å². The lowest BCUT2D eigenvalue weighted by Crippen LogP contribution is -2.25. The average molecular weight is 333 g/mol. The van der Waals surface area contributed by atoms with Crippen LogP contribution >= 0.6 is 23.1 Å². The molecule has 0 aliphatic heterocycles. The summed E-state index contributed by atoms with van der Waals surface area (Å²) in [5.41, 5.74) is 4.81. The van der Waals surface area contributed by atoms with Gasteiger partial charge in [0.05, 0.1) is 16.0 Å². The van der Waals surface area contributed by atoms with E-state index in [4.69, 9.17) is 0 Å². The molecule has 3 rings (SSSR count). The van der Waals surface area contributed by atoms with E-state index in [2.05, 4.69) is 22.4 Å². The van der Waals surface area contributed by atoms with Gasteiger partial charge in [0.25, 0.3) is 5.91 Å². The normalized spacial score (nSPS) is 20.4. The van der Waals surface area contributed by atoms with Crippen LogP contribution in [0.1, 0.15) is 32.6 Å². The number of nitrogens with zero attached hydrogens (tertiary/aromatic N) is 2. The van der Waals surface area contributed by atoms with Gasteiger partial charge in [-0.15, -0.1) is 11.3 Å². The molecule has 1 atom stereocenters. The Hall–Kier alpha value is -1.40. The molecule has 0 spiro atoms. The van der Waals surface area contributed by atoms with Crippen molar-refractivity contribution in [2.24, 2.45) is 11.0 Å². The second-order valence-corrected chi connectivity index (χ2v) is 7.77. The lowest BCUT2D eigenvalue weighted by molar-refractivity contribution is -0.118. The number of nitrogens with one attached hydrogen (secondary N) is 1. The van der Waals surface area contributed by atoms with E-state index in [-0.39, 0.29) is 5.91 Å². The minimum absolute atomic E-state index is 0.0606. The smallest absolute Gasteiger partial charge is 0.250 e. The Labute approximate surface area is 138 Å². The molecule has 0 saturated heterocycles. The highest BCUT2D eigenvalue weighted by Crippen LogP contribution is 2.29. The predicted molar refractivity (Wildman–Crippen MR) is 93.6 cm³/mol. The molecule has 2 aromatic rings. The monoisotopic (exact) mass is 333 g/mol. The van der Waals surface area contributed by atoms with Crippen molar-refractivity contribution in [1.82, 2.24) is 10.4 Å². The Morgan fingerprint density at radius 2 is 2.32 bits per heavy atom. The number of para-hydroxylation sites is 1. The van der Waals surface area contributed by atoms with Crippen LogP contribution in [0.5, 0.6) is 0 Å². The van der Waals surface area contributed by atoms with Crippen LogP contribution in [-0.4, -0.2) is 22.4 Å². The van der Waals surface area contributed by atoms with Crippen molar-refractivity contribution >= 4 is 44.9 Å². The van der Waals surface area contributed by atoms with Crippen molar-refractivity contribution in [3.8, 4) is 0 Å². The molecular weight excluding hydrogens is 314 g/mol. The number of rotatable bonds is 4. The Morgan fingerprint density at radius 1 is 1.45 bits per heavy atom. The number of hydrogen-bond donors (Lipinski definition) is 1. The van der Waals surface area contributed by atoms with Gasteiger partial charge >= 0.3 is 0 Å². The fraction of sp³-hybridized carbons (Fsp3) is 0.438. The van der Waals surface area contributed by atoms with Gasteiger partial charge in [-0.2, -0.15) is 5.10 Å². The fourth-order valence-electron chi connectivity index (χ4n) is 2.54. The molecule has 1 N–H and O–H groups in total. The predicted octanol–water partition coefficient (Wildman–Crippen LogP) is 4.07. The Morgan fingerprint density at radius 3 is 3.14 bits per heavy atom. The van der Waals surface area contributed by atoms with Gasteiger partial charge in [0.1, 0.15) is 0 Å². The average Bonchev–Trinajstić information content (AvgIpc) is 2.95. The maximum atomic E-state index is 11.9. The molecule has 1 unspecified atom stereocenters. The summed E-state index contributed by atoms with van der Waals surface area (Å²) in [6, 6.07) is 8.02. The van der Waals surface area contributed by atoms with Gasteiger partial charge in [-0.1, -0.05) is 37.2 Å². The first-order chi connectivity index (χ1) is 10.7. The highest BCUT2D eigenvalue weighted by Gasteiger charge is 2.16. The second-order valence-electron chi connectivity index (χ2n) is 5.52. The molecule has 1 aliphatic carbocycles. The van der Waals surface area contributed by atoms with Gasteiger partial charge in [-0.3, -0.25) is 4.79 Å². The van der Waals surface area contributed by atoms with E-state index < -0.39 is 0 Å². The summed E-state index contributed by atoms with van der Waals surface area (Å²) >= 11 is 3.09. The number of carbonyl (C=O) groups is 1. The molecule has 1 fully saturated rings. The van der Waals surface area contributed by atoms with Gasteiger partial charge in [-0.05, 0) is 37.3 Å². The molecule has 116 valence electrons. The topological polar surface area (TPSA) is 54.4 Å². The lowest BCUT2D eigenvalue weighted by Gasteiger charge is -2.19. The summed E-state index contributed by atoms with van der Waals surface area (Å²) in [6.07, 6.45) is 4.63. The molecule has 1 saturated carbocycles. The van der Waals surface area contributed by atoms with Crippen molar-refractivity contribution < 1.29 is 4.79 Å². The zero-order chi connectivity index (χ0) is 15.4. The summed E-state index contributed by atoms with van der Waals surface area (Å²) in [4.78, 5) is 16.4. The number of hydrazone groups is 1. The standard InChI is InChI=1S/C16H19N3OS2/c1-11-6-2-3-7-12(11)18-19-15(20)10-21-16-17-13-8-4-5-9-14(13)22-16/h4-5,8-9,11H,2-3,6-7,10H2,1H3,(H,19,20)/b18-12-. The molecule has 1 aromatic heterocycles. The fourth-order valence-corrected chi connectivity index (χ4v) is 4.40. The van der Waals surface area contributed by atoms with Crippen LogP contribution in [0, 0.1) is 5.92 Å². The highest BCUT2D eigenvalue weighted by atomic mass is 32.2. The first kappa shape index (κ1) is 15.5. The summed E-state index contributed by atoms with van der Waals surface area (Å²) in [5.74, 6) is 0.783. The van der Waals surface area contributed by atoms with E-state index in [1.54, 1.807) is 11.3 Å². The molecule has 1 aliphatic rings.